The number of nitrogens with two attached hydrogens (primary N) is 1. The van der Waals surface area contributed by atoms with Crippen molar-refractivity contribution in [3.8, 4) is 0 Å². The van der Waals surface area contributed by atoms with E-state index in [1.165, 1.54) is 25.8 Å². The minimum absolute atomic E-state index is 0.457. The first-order valence-electron chi connectivity index (χ1n) is 7.37. The summed E-state index contributed by atoms with van der Waals surface area (Å²) < 4.78 is 5.74. The van der Waals surface area contributed by atoms with Gasteiger partial charge in [-0.2, -0.15) is 0 Å². The predicted molar refractivity (Wildman–Crippen MR) is 68.8 cm³/mol. The van der Waals surface area contributed by atoms with Crippen LogP contribution in [-0.4, -0.2) is 43.3 Å². The van der Waals surface area contributed by atoms with Crippen LogP contribution in [0.3, 0.4) is 0 Å². The van der Waals surface area contributed by atoms with E-state index in [1.54, 1.807) is 0 Å². The zero-order valence-corrected chi connectivity index (χ0v) is 11.0. The van der Waals surface area contributed by atoms with Gasteiger partial charge in [-0.1, -0.05) is 6.92 Å². The van der Waals surface area contributed by atoms with E-state index in [0.717, 1.165) is 43.9 Å². The summed E-state index contributed by atoms with van der Waals surface area (Å²) in [5, 5.41) is 0. The summed E-state index contributed by atoms with van der Waals surface area (Å²) >= 11 is 0. The molecule has 0 amide bonds. The van der Waals surface area contributed by atoms with Crippen LogP contribution >= 0.6 is 0 Å². The van der Waals surface area contributed by atoms with Gasteiger partial charge in [0.25, 0.3) is 0 Å². The minimum Gasteiger partial charge on any atom is -0.376 e. The maximum Gasteiger partial charge on any atom is 0.0700 e. The van der Waals surface area contributed by atoms with Gasteiger partial charge >= 0.3 is 0 Å². The molecule has 3 fully saturated rings. The lowest BCUT2D eigenvalue weighted by atomic mass is 9.84. The molecule has 3 heteroatoms. The standard InChI is InChI=1S/C14H26N2O/c1-2-12-8-16(5-6-17-12)9-13-10-3-4-11(7-10)14(13)15/h10-14H,2-9,15H2,1H3. The van der Waals surface area contributed by atoms with Gasteiger partial charge < -0.3 is 10.5 Å². The molecule has 2 bridgehead atoms. The predicted octanol–water partition coefficient (Wildman–Crippen LogP) is 1.47. The van der Waals surface area contributed by atoms with Gasteiger partial charge in [0.1, 0.15) is 0 Å². The molecule has 1 saturated heterocycles. The first-order chi connectivity index (χ1) is 8.28. The lowest BCUT2D eigenvalue weighted by molar-refractivity contribution is -0.0372. The van der Waals surface area contributed by atoms with E-state index in [-0.39, 0.29) is 0 Å². The Labute approximate surface area is 105 Å². The van der Waals surface area contributed by atoms with Crippen molar-refractivity contribution in [2.45, 2.75) is 44.8 Å². The molecule has 3 aliphatic rings. The normalized spacial score (nSPS) is 46.6. The Morgan fingerprint density at radius 2 is 2.12 bits per heavy atom. The molecule has 1 heterocycles. The molecule has 1 aliphatic heterocycles. The Morgan fingerprint density at radius 3 is 2.82 bits per heavy atom. The summed E-state index contributed by atoms with van der Waals surface area (Å²) in [6, 6.07) is 0.483. The van der Waals surface area contributed by atoms with E-state index < -0.39 is 0 Å². The molecule has 17 heavy (non-hydrogen) atoms. The third kappa shape index (κ3) is 2.25. The van der Waals surface area contributed by atoms with Crippen LogP contribution in [0.5, 0.6) is 0 Å². The number of rotatable bonds is 3. The molecule has 2 aliphatic carbocycles. The van der Waals surface area contributed by atoms with Crippen LogP contribution < -0.4 is 5.73 Å². The van der Waals surface area contributed by atoms with Crippen LogP contribution in [0, 0.1) is 17.8 Å². The monoisotopic (exact) mass is 238 g/mol. The third-order valence-corrected chi connectivity index (χ3v) is 5.31. The average Bonchev–Trinajstić information content (AvgIpc) is 2.93. The van der Waals surface area contributed by atoms with Crippen molar-refractivity contribution < 1.29 is 4.74 Å². The van der Waals surface area contributed by atoms with Crippen LogP contribution in [-0.2, 0) is 4.74 Å². The summed E-state index contributed by atoms with van der Waals surface area (Å²) in [5.74, 6) is 2.54. The van der Waals surface area contributed by atoms with Gasteiger partial charge in [-0.05, 0) is 43.4 Å². The van der Waals surface area contributed by atoms with E-state index in [4.69, 9.17) is 10.5 Å². The molecule has 0 aromatic carbocycles. The largest absolute Gasteiger partial charge is 0.376 e. The highest BCUT2D eigenvalue weighted by Gasteiger charge is 2.46. The van der Waals surface area contributed by atoms with Crippen LogP contribution in [0.2, 0.25) is 0 Å². The van der Waals surface area contributed by atoms with Crippen molar-refractivity contribution in [2.24, 2.45) is 23.5 Å². The quantitative estimate of drug-likeness (QED) is 0.809. The molecule has 0 spiro atoms. The van der Waals surface area contributed by atoms with Crippen molar-refractivity contribution in [2.75, 3.05) is 26.2 Å². The van der Waals surface area contributed by atoms with Crippen LogP contribution in [0.15, 0.2) is 0 Å². The average molecular weight is 238 g/mol. The molecule has 5 unspecified atom stereocenters. The van der Waals surface area contributed by atoms with E-state index in [9.17, 15) is 0 Å². The highest BCUT2D eigenvalue weighted by Crippen LogP contribution is 2.47. The zero-order valence-electron chi connectivity index (χ0n) is 11.0. The number of hydrogen-bond donors (Lipinski definition) is 1. The number of hydrogen-bond acceptors (Lipinski definition) is 3. The van der Waals surface area contributed by atoms with Gasteiger partial charge in [-0.15, -0.1) is 0 Å². The van der Waals surface area contributed by atoms with E-state index in [0.29, 0.717) is 12.1 Å². The van der Waals surface area contributed by atoms with Crippen molar-refractivity contribution >= 4 is 0 Å². The molecule has 2 saturated carbocycles. The smallest absolute Gasteiger partial charge is 0.0700 e. The fourth-order valence-electron chi connectivity index (χ4n) is 4.22. The van der Waals surface area contributed by atoms with Crippen molar-refractivity contribution in [1.82, 2.24) is 4.90 Å². The van der Waals surface area contributed by atoms with Gasteiger partial charge in [0, 0.05) is 25.7 Å². The number of nitrogens with zero attached hydrogens (tertiary/aromatic N) is 1. The summed E-state index contributed by atoms with van der Waals surface area (Å²) in [4.78, 5) is 2.60. The van der Waals surface area contributed by atoms with Crippen molar-refractivity contribution in [3.05, 3.63) is 0 Å². The van der Waals surface area contributed by atoms with E-state index >= 15 is 0 Å². The minimum atomic E-state index is 0.457. The highest BCUT2D eigenvalue weighted by atomic mass is 16.5. The molecule has 0 aromatic rings. The lowest BCUT2D eigenvalue weighted by Gasteiger charge is -2.37. The molecule has 0 radical (unpaired) electrons. The molecule has 98 valence electrons. The van der Waals surface area contributed by atoms with Crippen molar-refractivity contribution in [1.29, 1.82) is 0 Å². The first kappa shape index (κ1) is 11.9. The Hall–Kier alpha value is -0.120. The topological polar surface area (TPSA) is 38.5 Å². The second-order valence-electron chi connectivity index (χ2n) is 6.24. The Balaban J connectivity index is 1.56. The summed E-state index contributed by atoms with van der Waals surface area (Å²) in [6.07, 6.45) is 5.83. The van der Waals surface area contributed by atoms with E-state index in [1.807, 2.05) is 0 Å². The number of fused-ring (bicyclic) bond motifs is 2. The molecular weight excluding hydrogens is 212 g/mol. The molecule has 5 atom stereocenters. The number of ether oxygens (including phenoxy) is 1. The van der Waals surface area contributed by atoms with Crippen LogP contribution in [0.4, 0.5) is 0 Å². The highest BCUT2D eigenvalue weighted by molar-refractivity contribution is 5.00. The molecule has 3 nitrogen and oxygen atoms in total. The second kappa shape index (κ2) is 4.87. The first-order valence-corrected chi connectivity index (χ1v) is 7.37. The fraction of sp³-hybridized carbons (Fsp3) is 1.00. The maximum absolute atomic E-state index is 6.39. The van der Waals surface area contributed by atoms with E-state index in [2.05, 4.69) is 11.8 Å². The maximum atomic E-state index is 6.39. The van der Waals surface area contributed by atoms with Gasteiger partial charge in [0.05, 0.1) is 12.7 Å². The zero-order chi connectivity index (χ0) is 11.8. The third-order valence-electron chi connectivity index (χ3n) is 5.31. The summed E-state index contributed by atoms with van der Waals surface area (Å²) in [7, 11) is 0. The van der Waals surface area contributed by atoms with Gasteiger partial charge in [-0.25, -0.2) is 0 Å². The Morgan fingerprint density at radius 1 is 1.29 bits per heavy atom. The summed E-state index contributed by atoms with van der Waals surface area (Å²) in [6.45, 7) is 6.59. The lowest BCUT2D eigenvalue weighted by Crippen LogP contribution is -2.48. The molecule has 2 N–H and O–H groups in total. The number of morpholine rings is 1. The van der Waals surface area contributed by atoms with Gasteiger partial charge in [-0.3, -0.25) is 4.90 Å². The summed E-state index contributed by atoms with van der Waals surface area (Å²) in [5.41, 5.74) is 6.39. The Bertz CT molecular complexity index is 269. The second-order valence-corrected chi connectivity index (χ2v) is 6.24. The molecule has 0 aromatic heterocycles. The Kier molecular flexibility index (Phi) is 3.42. The van der Waals surface area contributed by atoms with Crippen LogP contribution in [0.1, 0.15) is 32.6 Å². The van der Waals surface area contributed by atoms with Crippen molar-refractivity contribution in [3.63, 3.8) is 0 Å². The van der Waals surface area contributed by atoms with Gasteiger partial charge in [0.2, 0.25) is 0 Å². The molecular formula is C14H26N2O. The molecule has 3 rings (SSSR count). The van der Waals surface area contributed by atoms with Crippen LogP contribution in [0.25, 0.3) is 0 Å². The fourth-order valence-corrected chi connectivity index (χ4v) is 4.22. The SMILES string of the molecule is CCC1CN(CC2C3CCC(C3)C2N)CCO1. The van der Waals surface area contributed by atoms with Gasteiger partial charge in [0.15, 0.2) is 0 Å².